The Balaban J connectivity index is 2.16. The number of carbonyl (C=O) groups excluding carboxylic acids is 1. The fourth-order valence-electron chi connectivity index (χ4n) is 2.46. The van der Waals surface area contributed by atoms with Gasteiger partial charge >= 0.3 is 0 Å². The summed E-state index contributed by atoms with van der Waals surface area (Å²) in [6.07, 6.45) is 0.0665. The van der Waals surface area contributed by atoms with Gasteiger partial charge in [-0.3, -0.25) is 4.79 Å². The summed E-state index contributed by atoms with van der Waals surface area (Å²) in [6, 6.07) is 5.81. The number of benzene rings is 1. The predicted octanol–water partition coefficient (Wildman–Crippen LogP) is 3.77. The van der Waals surface area contributed by atoms with Crippen molar-refractivity contribution in [2.75, 3.05) is 5.32 Å². The van der Waals surface area contributed by atoms with E-state index in [9.17, 15) is 4.79 Å². The molecule has 1 aromatic rings. The third-order valence-corrected chi connectivity index (χ3v) is 4.48. The summed E-state index contributed by atoms with van der Waals surface area (Å²) in [7, 11) is -0.837. The molecular formula is C17H26NO3Si. The number of hydrogen-bond donors (Lipinski definition) is 1. The van der Waals surface area contributed by atoms with Gasteiger partial charge in [-0.05, 0) is 43.1 Å². The first-order valence-corrected chi connectivity index (χ1v) is 10.1. The minimum atomic E-state index is -0.837. The molecule has 2 rings (SSSR count). The van der Waals surface area contributed by atoms with Gasteiger partial charge < -0.3 is 14.5 Å². The molecule has 1 aromatic carbocycles. The second-order valence-corrected chi connectivity index (χ2v) is 9.26. The highest BCUT2D eigenvalue weighted by molar-refractivity contribution is 6.48. The Hall–Kier alpha value is -1.33. The molecule has 1 aliphatic heterocycles. The number of aryl methyl sites for hydroxylation is 1. The molecule has 121 valence electrons. The number of carbonyl (C=O) groups is 1. The first-order valence-electron chi connectivity index (χ1n) is 7.72. The van der Waals surface area contributed by atoms with Gasteiger partial charge in [0.1, 0.15) is 5.75 Å². The number of hydrogen-bond acceptors (Lipinski definition) is 3. The molecule has 2 unspecified atom stereocenters. The maximum atomic E-state index is 12.3. The quantitative estimate of drug-likeness (QED) is 0.859. The molecule has 1 aliphatic rings. The van der Waals surface area contributed by atoms with Crippen LogP contribution in [-0.4, -0.2) is 27.2 Å². The van der Waals surface area contributed by atoms with E-state index in [0.717, 1.165) is 17.0 Å². The van der Waals surface area contributed by atoms with Gasteiger partial charge in [0.2, 0.25) is 9.04 Å². The second kappa shape index (κ2) is 6.42. The molecule has 1 radical (unpaired) electrons. The van der Waals surface area contributed by atoms with Crippen molar-refractivity contribution in [2.24, 2.45) is 5.41 Å². The highest BCUT2D eigenvalue weighted by atomic mass is 28.3. The third-order valence-electron chi connectivity index (χ3n) is 3.73. The van der Waals surface area contributed by atoms with E-state index in [-0.39, 0.29) is 17.4 Å². The van der Waals surface area contributed by atoms with Gasteiger partial charge in [-0.25, -0.2) is 0 Å². The van der Waals surface area contributed by atoms with Crippen LogP contribution in [0.3, 0.4) is 0 Å². The first kappa shape index (κ1) is 17.0. The Labute approximate surface area is 134 Å². The number of nitrogens with one attached hydrogen (secondary N) is 1. The number of ether oxygens (including phenoxy) is 1. The average molecular weight is 320 g/mol. The SMILES string of the molecule is Cc1ccc2c(c1)OC(CC(O[Si](C)C)C(C)(C)C)C(=O)N2. The van der Waals surface area contributed by atoms with Gasteiger partial charge in [0, 0.05) is 6.42 Å². The van der Waals surface area contributed by atoms with Crippen LogP contribution < -0.4 is 10.1 Å². The summed E-state index contributed by atoms with van der Waals surface area (Å²) >= 11 is 0. The minimum absolute atomic E-state index is 0.00139. The lowest BCUT2D eigenvalue weighted by Crippen LogP contribution is -2.44. The molecule has 1 amide bonds. The molecule has 0 saturated heterocycles. The molecule has 0 spiro atoms. The lowest BCUT2D eigenvalue weighted by atomic mass is 9.85. The van der Waals surface area contributed by atoms with E-state index < -0.39 is 15.1 Å². The summed E-state index contributed by atoms with van der Waals surface area (Å²) in [5.41, 5.74) is 1.83. The Bertz CT molecular complexity index is 551. The van der Waals surface area contributed by atoms with Crippen LogP contribution in [0, 0.1) is 12.3 Å². The molecular weight excluding hydrogens is 294 g/mol. The van der Waals surface area contributed by atoms with Crippen molar-refractivity contribution in [2.45, 2.75) is 59.4 Å². The van der Waals surface area contributed by atoms with E-state index in [4.69, 9.17) is 9.16 Å². The van der Waals surface area contributed by atoms with Crippen LogP contribution >= 0.6 is 0 Å². The fourth-order valence-corrected chi connectivity index (χ4v) is 3.48. The van der Waals surface area contributed by atoms with Crippen molar-refractivity contribution < 1.29 is 14.0 Å². The number of amides is 1. The molecule has 4 nitrogen and oxygen atoms in total. The van der Waals surface area contributed by atoms with Gasteiger partial charge in [-0.1, -0.05) is 26.8 Å². The molecule has 0 fully saturated rings. The average Bonchev–Trinajstić information content (AvgIpc) is 2.37. The number of fused-ring (bicyclic) bond motifs is 1. The van der Waals surface area contributed by atoms with Crippen LogP contribution in [0.1, 0.15) is 32.8 Å². The van der Waals surface area contributed by atoms with E-state index in [1.165, 1.54) is 0 Å². The van der Waals surface area contributed by atoms with Gasteiger partial charge in [0.15, 0.2) is 6.10 Å². The van der Waals surface area contributed by atoms with E-state index >= 15 is 0 Å². The summed E-state index contributed by atoms with van der Waals surface area (Å²) in [4.78, 5) is 12.3. The minimum Gasteiger partial charge on any atom is -0.478 e. The molecule has 0 bridgehead atoms. The van der Waals surface area contributed by atoms with Crippen LogP contribution in [0.4, 0.5) is 5.69 Å². The van der Waals surface area contributed by atoms with Crippen molar-refractivity contribution >= 4 is 20.6 Å². The van der Waals surface area contributed by atoms with Crippen molar-refractivity contribution in [1.82, 2.24) is 0 Å². The van der Waals surface area contributed by atoms with E-state index in [2.05, 4.69) is 39.2 Å². The largest absolute Gasteiger partial charge is 0.478 e. The molecule has 0 saturated carbocycles. The Morgan fingerprint density at radius 2 is 2.05 bits per heavy atom. The van der Waals surface area contributed by atoms with E-state index in [0.29, 0.717) is 6.42 Å². The van der Waals surface area contributed by atoms with Gasteiger partial charge in [0.25, 0.3) is 5.91 Å². The molecule has 0 aromatic heterocycles. The number of rotatable bonds is 4. The maximum Gasteiger partial charge on any atom is 0.265 e. The first-order chi connectivity index (χ1) is 10.2. The van der Waals surface area contributed by atoms with Crippen LogP contribution in [0.25, 0.3) is 0 Å². The van der Waals surface area contributed by atoms with Crippen LogP contribution in [0.5, 0.6) is 5.75 Å². The standard InChI is InChI=1S/C17H26NO3Si/c1-11-7-8-12-13(9-11)20-14(16(19)18-12)10-15(17(2,3)4)21-22(5)6/h7-9,14-15H,10H2,1-6H3,(H,18,19). The van der Waals surface area contributed by atoms with Gasteiger partial charge in [0.05, 0.1) is 11.8 Å². The number of anilines is 1. The van der Waals surface area contributed by atoms with Crippen LogP contribution in [-0.2, 0) is 9.22 Å². The second-order valence-electron chi connectivity index (χ2n) is 7.21. The smallest absolute Gasteiger partial charge is 0.265 e. The van der Waals surface area contributed by atoms with Crippen molar-refractivity contribution in [3.8, 4) is 5.75 Å². The zero-order chi connectivity index (χ0) is 16.5. The van der Waals surface area contributed by atoms with Gasteiger partial charge in [-0.15, -0.1) is 0 Å². The lowest BCUT2D eigenvalue weighted by molar-refractivity contribution is -0.125. The maximum absolute atomic E-state index is 12.3. The highest BCUT2D eigenvalue weighted by Crippen LogP contribution is 2.34. The zero-order valence-corrected chi connectivity index (χ0v) is 15.3. The van der Waals surface area contributed by atoms with Crippen LogP contribution in [0.2, 0.25) is 13.1 Å². The molecule has 1 heterocycles. The summed E-state index contributed by atoms with van der Waals surface area (Å²) in [5, 5.41) is 2.94. The Morgan fingerprint density at radius 3 is 2.64 bits per heavy atom. The van der Waals surface area contributed by atoms with E-state index in [1.807, 2.05) is 25.1 Å². The van der Waals surface area contributed by atoms with Crippen molar-refractivity contribution in [3.63, 3.8) is 0 Å². The summed E-state index contributed by atoms with van der Waals surface area (Å²) in [5.74, 6) is 0.658. The van der Waals surface area contributed by atoms with Crippen LogP contribution in [0.15, 0.2) is 18.2 Å². The van der Waals surface area contributed by atoms with Gasteiger partial charge in [-0.2, -0.15) is 0 Å². The topological polar surface area (TPSA) is 47.6 Å². The lowest BCUT2D eigenvalue weighted by Gasteiger charge is -2.36. The molecule has 1 N–H and O–H groups in total. The highest BCUT2D eigenvalue weighted by Gasteiger charge is 2.35. The fraction of sp³-hybridized carbons (Fsp3) is 0.588. The van der Waals surface area contributed by atoms with Crippen molar-refractivity contribution in [1.29, 1.82) is 0 Å². The molecule has 22 heavy (non-hydrogen) atoms. The monoisotopic (exact) mass is 320 g/mol. The molecule has 2 atom stereocenters. The Morgan fingerprint density at radius 1 is 1.36 bits per heavy atom. The van der Waals surface area contributed by atoms with Crippen molar-refractivity contribution in [3.05, 3.63) is 23.8 Å². The Kier molecular flexibility index (Phi) is 4.97. The predicted molar refractivity (Wildman–Crippen MR) is 90.7 cm³/mol. The normalized spacial score (nSPS) is 19.4. The zero-order valence-electron chi connectivity index (χ0n) is 14.3. The third kappa shape index (κ3) is 4.11. The molecule has 5 heteroatoms. The summed E-state index contributed by atoms with van der Waals surface area (Å²) in [6.45, 7) is 12.7. The van der Waals surface area contributed by atoms with E-state index in [1.54, 1.807) is 0 Å². The summed E-state index contributed by atoms with van der Waals surface area (Å²) < 4.78 is 12.1. The molecule has 0 aliphatic carbocycles.